The topological polar surface area (TPSA) is 49.8 Å². The Hall–Kier alpha value is -2.07. The molecule has 2 aromatic rings. The number of nitrogens with zero attached hydrogens (tertiary/aromatic N) is 1. The van der Waals surface area contributed by atoms with Crippen molar-refractivity contribution in [1.29, 1.82) is 0 Å². The molecule has 1 aliphatic rings. The average molecular weight is 313 g/mol. The fourth-order valence-electron chi connectivity index (χ4n) is 3.42. The van der Waals surface area contributed by atoms with Crippen molar-refractivity contribution in [2.24, 2.45) is 0 Å². The molecule has 0 aromatic heterocycles. The number of aromatic hydroxyl groups is 1. The first-order valence-electron chi connectivity index (χ1n) is 8.33. The minimum atomic E-state index is -0.540. The van der Waals surface area contributed by atoms with Crippen LogP contribution in [0.2, 0.25) is 0 Å². The minimum absolute atomic E-state index is 0.160. The summed E-state index contributed by atoms with van der Waals surface area (Å²) in [6, 6.07) is 10.9. The van der Waals surface area contributed by atoms with E-state index in [4.69, 9.17) is 4.74 Å². The number of carbonyl (C=O) groups excluding carboxylic acids is 1. The van der Waals surface area contributed by atoms with Crippen LogP contribution < -0.4 is 0 Å². The van der Waals surface area contributed by atoms with E-state index < -0.39 is 6.04 Å². The Morgan fingerprint density at radius 1 is 1.17 bits per heavy atom. The van der Waals surface area contributed by atoms with E-state index in [9.17, 15) is 9.90 Å². The molecule has 1 atom stereocenters. The average Bonchev–Trinajstić information content (AvgIpc) is 2.58. The largest absolute Gasteiger partial charge is 0.508 e. The van der Waals surface area contributed by atoms with Gasteiger partial charge < -0.3 is 9.84 Å². The van der Waals surface area contributed by atoms with Gasteiger partial charge in [-0.3, -0.25) is 4.90 Å². The molecule has 0 bridgehead atoms. The Bertz CT molecular complexity index is 692. The predicted molar refractivity (Wildman–Crippen MR) is 90.4 cm³/mol. The number of ether oxygens (including phenoxy) is 1. The molecule has 23 heavy (non-hydrogen) atoms. The summed E-state index contributed by atoms with van der Waals surface area (Å²) < 4.78 is 5.32. The number of benzene rings is 2. The van der Waals surface area contributed by atoms with Gasteiger partial charge in [0.2, 0.25) is 0 Å². The third-order valence-corrected chi connectivity index (χ3v) is 4.49. The van der Waals surface area contributed by atoms with Gasteiger partial charge in [-0.1, -0.05) is 36.8 Å². The SMILES string of the molecule is CCOC(=O)C(c1c(O)ccc2ccccc12)N1CCCCC1. The molecule has 0 aliphatic carbocycles. The van der Waals surface area contributed by atoms with Crippen LogP contribution in [0.3, 0.4) is 0 Å². The maximum absolute atomic E-state index is 12.7. The molecule has 1 aliphatic heterocycles. The first-order chi connectivity index (χ1) is 11.2. The molecular formula is C19H23NO3. The van der Waals surface area contributed by atoms with Crippen molar-refractivity contribution in [3.05, 3.63) is 42.0 Å². The molecule has 1 heterocycles. The van der Waals surface area contributed by atoms with Gasteiger partial charge >= 0.3 is 5.97 Å². The summed E-state index contributed by atoms with van der Waals surface area (Å²) in [6.07, 6.45) is 3.33. The number of phenolic OH excluding ortho intramolecular Hbond substituents is 1. The van der Waals surface area contributed by atoms with Crippen LogP contribution in [0.4, 0.5) is 0 Å². The molecule has 0 saturated carbocycles. The van der Waals surface area contributed by atoms with Gasteiger partial charge in [0.1, 0.15) is 11.8 Å². The highest BCUT2D eigenvalue weighted by atomic mass is 16.5. The van der Waals surface area contributed by atoms with Gasteiger partial charge in [-0.05, 0) is 49.7 Å². The Morgan fingerprint density at radius 2 is 1.91 bits per heavy atom. The Labute approximate surface area is 136 Å². The van der Waals surface area contributed by atoms with Gasteiger partial charge in [0.05, 0.1) is 6.61 Å². The van der Waals surface area contributed by atoms with Crippen LogP contribution in [0, 0.1) is 0 Å². The fourth-order valence-corrected chi connectivity index (χ4v) is 3.42. The molecule has 2 aromatic carbocycles. The van der Waals surface area contributed by atoms with Crippen LogP contribution in [0.5, 0.6) is 5.75 Å². The smallest absolute Gasteiger partial charge is 0.328 e. The van der Waals surface area contributed by atoms with E-state index in [0.29, 0.717) is 12.2 Å². The summed E-state index contributed by atoms with van der Waals surface area (Å²) in [5, 5.41) is 12.4. The van der Waals surface area contributed by atoms with E-state index >= 15 is 0 Å². The lowest BCUT2D eigenvalue weighted by atomic mass is 9.95. The molecule has 3 rings (SSSR count). The van der Waals surface area contributed by atoms with Crippen LogP contribution in [0.25, 0.3) is 10.8 Å². The highest BCUT2D eigenvalue weighted by Crippen LogP contribution is 2.37. The molecule has 0 spiro atoms. The number of carbonyl (C=O) groups is 1. The second-order valence-electron chi connectivity index (χ2n) is 5.97. The standard InChI is InChI=1S/C19H23NO3/c1-2-23-19(22)18(20-12-6-3-7-13-20)17-15-9-5-4-8-14(15)10-11-16(17)21/h4-5,8-11,18,21H,2-3,6-7,12-13H2,1H3. The maximum atomic E-state index is 12.7. The van der Waals surface area contributed by atoms with E-state index in [0.717, 1.165) is 36.7 Å². The highest BCUT2D eigenvalue weighted by Gasteiger charge is 2.33. The summed E-state index contributed by atoms with van der Waals surface area (Å²) in [5.41, 5.74) is 0.670. The van der Waals surface area contributed by atoms with E-state index in [2.05, 4.69) is 4.90 Å². The number of esters is 1. The second-order valence-corrected chi connectivity index (χ2v) is 5.97. The number of hydrogen-bond acceptors (Lipinski definition) is 4. The van der Waals surface area contributed by atoms with Crippen molar-refractivity contribution in [3.8, 4) is 5.75 Å². The maximum Gasteiger partial charge on any atom is 0.328 e. The van der Waals surface area contributed by atoms with Crippen LogP contribution in [0.1, 0.15) is 37.8 Å². The molecule has 1 saturated heterocycles. The van der Waals surface area contributed by atoms with Crippen molar-refractivity contribution >= 4 is 16.7 Å². The number of fused-ring (bicyclic) bond motifs is 1. The third kappa shape index (κ3) is 3.17. The summed E-state index contributed by atoms with van der Waals surface area (Å²) in [5.74, 6) is -0.117. The number of phenols is 1. The minimum Gasteiger partial charge on any atom is -0.508 e. The molecule has 0 radical (unpaired) electrons. The highest BCUT2D eigenvalue weighted by molar-refractivity contribution is 5.93. The normalized spacial score (nSPS) is 17.1. The lowest BCUT2D eigenvalue weighted by molar-refractivity contribution is -0.150. The van der Waals surface area contributed by atoms with E-state index in [1.165, 1.54) is 6.42 Å². The first-order valence-corrected chi connectivity index (χ1v) is 8.33. The third-order valence-electron chi connectivity index (χ3n) is 4.49. The zero-order valence-electron chi connectivity index (χ0n) is 13.5. The molecule has 1 unspecified atom stereocenters. The molecular weight excluding hydrogens is 290 g/mol. The number of hydrogen-bond donors (Lipinski definition) is 1. The van der Waals surface area contributed by atoms with Gasteiger partial charge in [-0.2, -0.15) is 0 Å². The molecule has 4 nitrogen and oxygen atoms in total. The number of piperidine rings is 1. The fraction of sp³-hybridized carbons (Fsp3) is 0.421. The van der Waals surface area contributed by atoms with Crippen molar-refractivity contribution in [2.75, 3.05) is 19.7 Å². The predicted octanol–water partition coefficient (Wildman–Crippen LogP) is 3.64. The van der Waals surface area contributed by atoms with Crippen LogP contribution >= 0.6 is 0 Å². The Balaban J connectivity index is 2.12. The lowest BCUT2D eigenvalue weighted by Gasteiger charge is -2.34. The molecule has 4 heteroatoms. The summed E-state index contributed by atoms with van der Waals surface area (Å²) >= 11 is 0. The number of likely N-dealkylation sites (tertiary alicyclic amines) is 1. The van der Waals surface area contributed by atoms with E-state index in [1.807, 2.05) is 37.3 Å². The van der Waals surface area contributed by atoms with Gasteiger partial charge in [-0.25, -0.2) is 4.79 Å². The van der Waals surface area contributed by atoms with Gasteiger partial charge in [-0.15, -0.1) is 0 Å². The number of rotatable bonds is 4. The molecule has 1 fully saturated rings. The van der Waals surface area contributed by atoms with Gasteiger partial charge in [0, 0.05) is 5.56 Å². The summed E-state index contributed by atoms with van der Waals surface area (Å²) in [7, 11) is 0. The summed E-state index contributed by atoms with van der Waals surface area (Å²) in [4.78, 5) is 14.8. The van der Waals surface area contributed by atoms with Crippen molar-refractivity contribution in [2.45, 2.75) is 32.2 Å². The molecule has 122 valence electrons. The Kier molecular flexibility index (Phi) is 4.82. The summed E-state index contributed by atoms with van der Waals surface area (Å²) in [6.45, 7) is 3.86. The first kappa shape index (κ1) is 15.8. The van der Waals surface area contributed by atoms with Crippen molar-refractivity contribution in [1.82, 2.24) is 4.90 Å². The molecule has 1 N–H and O–H groups in total. The van der Waals surface area contributed by atoms with E-state index in [1.54, 1.807) is 6.07 Å². The van der Waals surface area contributed by atoms with Gasteiger partial charge in [0.25, 0.3) is 0 Å². The van der Waals surface area contributed by atoms with E-state index in [-0.39, 0.29) is 11.7 Å². The quantitative estimate of drug-likeness (QED) is 0.876. The zero-order chi connectivity index (χ0) is 16.2. The lowest BCUT2D eigenvalue weighted by Crippen LogP contribution is -2.39. The van der Waals surface area contributed by atoms with Crippen molar-refractivity contribution in [3.63, 3.8) is 0 Å². The zero-order valence-corrected chi connectivity index (χ0v) is 13.5. The van der Waals surface area contributed by atoms with Crippen molar-refractivity contribution < 1.29 is 14.6 Å². The van der Waals surface area contributed by atoms with Gasteiger partial charge in [0.15, 0.2) is 0 Å². The monoisotopic (exact) mass is 313 g/mol. The second kappa shape index (κ2) is 7.01. The van der Waals surface area contributed by atoms with Crippen LogP contribution in [-0.4, -0.2) is 35.7 Å². The Morgan fingerprint density at radius 3 is 2.65 bits per heavy atom. The van der Waals surface area contributed by atoms with Crippen LogP contribution in [0.15, 0.2) is 36.4 Å². The molecule has 0 amide bonds. The van der Waals surface area contributed by atoms with Crippen LogP contribution in [-0.2, 0) is 9.53 Å².